The molecule has 3 heterocycles. The Labute approximate surface area is 164 Å². The number of nitrogens with one attached hydrogen (secondary N) is 1. The fourth-order valence-electron chi connectivity index (χ4n) is 2.89. The minimum Gasteiger partial charge on any atom is -0.352 e. The van der Waals surface area contributed by atoms with Crippen LogP contribution in [0.5, 0.6) is 0 Å². The van der Waals surface area contributed by atoms with Crippen molar-refractivity contribution < 1.29 is 9.59 Å². The van der Waals surface area contributed by atoms with Crippen LogP contribution in [0.1, 0.15) is 23.3 Å². The lowest BCUT2D eigenvalue weighted by atomic mass is 10.3. The zero-order valence-electron chi connectivity index (χ0n) is 14.1. The van der Waals surface area contributed by atoms with Gasteiger partial charge in [0.05, 0.1) is 15.8 Å². The van der Waals surface area contributed by atoms with Crippen molar-refractivity contribution in [2.24, 2.45) is 0 Å². The molecule has 0 unspecified atom stereocenters. The fraction of sp³-hybridized carbons (Fsp3) is 0.471. The highest BCUT2D eigenvalue weighted by atomic mass is 35.5. The number of hydrogen-bond acceptors (Lipinski definition) is 6. The van der Waals surface area contributed by atoms with Crippen LogP contribution in [-0.2, 0) is 4.79 Å². The predicted molar refractivity (Wildman–Crippen MR) is 104 cm³/mol. The molecule has 0 spiro atoms. The first kappa shape index (κ1) is 17.9. The van der Waals surface area contributed by atoms with Crippen molar-refractivity contribution in [2.45, 2.75) is 18.9 Å². The molecule has 2 amide bonds. The van der Waals surface area contributed by atoms with Crippen LogP contribution in [0.15, 0.2) is 17.5 Å². The van der Waals surface area contributed by atoms with Crippen molar-refractivity contribution in [1.29, 1.82) is 0 Å². The van der Waals surface area contributed by atoms with Gasteiger partial charge in [0.25, 0.3) is 5.91 Å². The van der Waals surface area contributed by atoms with E-state index < -0.39 is 0 Å². The molecular formula is C17H19ClN4O2S2. The largest absolute Gasteiger partial charge is 0.352 e. The molecule has 2 aliphatic rings. The molecular weight excluding hydrogens is 392 g/mol. The van der Waals surface area contributed by atoms with Crippen molar-refractivity contribution in [3.05, 3.63) is 27.5 Å². The van der Waals surface area contributed by atoms with E-state index in [1.54, 1.807) is 5.38 Å². The SMILES string of the molecule is O=C(CN1CCN(C(=O)c2csc(-c3ccc(Cl)s3)n2)CC1)NC1CC1. The fourth-order valence-corrected chi connectivity index (χ4v) is 4.80. The van der Waals surface area contributed by atoms with Gasteiger partial charge < -0.3 is 10.2 Å². The van der Waals surface area contributed by atoms with Crippen molar-refractivity contribution in [3.63, 3.8) is 0 Å². The van der Waals surface area contributed by atoms with Crippen LogP contribution in [-0.4, -0.2) is 65.4 Å². The Morgan fingerprint density at radius 1 is 1.23 bits per heavy atom. The Hall–Kier alpha value is -1.48. The van der Waals surface area contributed by atoms with Gasteiger partial charge in [0.1, 0.15) is 10.7 Å². The summed E-state index contributed by atoms with van der Waals surface area (Å²) in [5.74, 6) is 0.0447. The summed E-state index contributed by atoms with van der Waals surface area (Å²) in [6, 6.07) is 4.15. The smallest absolute Gasteiger partial charge is 0.273 e. The van der Waals surface area contributed by atoms with E-state index in [0.717, 1.165) is 22.7 Å². The van der Waals surface area contributed by atoms with Crippen LogP contribution in [0.25, 0.3) is 9.88 Å². The highest BCUT2D eigenvalue weighted by Gasteiger charge is 2.27. The summed E-state index contributed by atoms with van der Waals surface area (Å²) in [4.78, 5) is 33.9. The molecule has 2 aromatic heterocycles. The molecule has 1 aliphatic heterocycles. The first-order valence-corrected chi connectivity index (χ1v) is 10.7. The van der Waals surface area contributed by atoms with Gasteiger partial charge >= 0.3 is 0 Å². The number of hydrogen-bond donors (Lipinski definition) is 1. The zero-order valence-corrected chi connectivity index (χ0v) is 16.5. The molecule has 26 heavy (non-hydrogen) atoms. The first-order chi connectivity index (χ1) is 12.6. The highest BCUT2D eigenvalue weighted by molar-refractivity contribution is 7.23. The first-order valence-electron chi connectivity index (χ1n) is 8.61. The summed E-state index contributed by atoms with van der Waals surface area (Å²) in [5.41, 5.74) is 0.481. The molecule has 1 saturated heterocycles. The number of carbonyl (C=O) groups is 2. The van der Waals surface area contributed by atoms with Gasteiger partial charge in [0, 0.05) is 37.6 Å². The van der Waals surface area contributed by atoms with Gasteiger partial charge in [-0.2, -0.15) is 0 Å². The number of aromatic nitrogens is 1. The van der Waals surface area contributed by atoms with E-state index >= 15 is 0 Å². The van der Waals surface area contributed by atoms with E-state index in [1.165, 1.54) is 22.7 Å². The number of thiophene rings is 1. The van der Waals surface area contributed by atoms with Gasteiger partial charge in [-0.25, -0.2) is 4.98 Å². The molecule has 9 heteroatoms. The standard InChI is InChI=1S/C17H19ClN4O2S2/c18-14-4-3-13(26-14)16-20-12(10-25-16)17(24)22-7-5-21(6-8-22)9-15(23)19-11-1-2-11/h3-4,10-11H,1-2,5-9H2,(H,19,23). The number of nitrogens with zero attached hydrogens (tertiary/aromatic N) is 3. The molecule has 6 nitrogen and oxygen atoms in total. The van der Waals surface area contributed by atoms with Gasteiger partial charge in [-0.3, -0.25) is 14.5 Å². The average molecular weight is 411 g/mol. The van der Waals surface area contributed by atoms with Gasteiger partial charge in [0.15, 0.2) is 0 Å². The number of thiazole rings is 1. The summed E-state index contributed by atoms with van der Waals surface area (Å²) in [6.45, 7) is 3.07. The Bertz CT molecular complexity index is 809. The van der Waals surface area contributed by atoms with E-state index in [2.05, 4.69) is 15.2 Å². The minimum absolute atomic E-state index is 0.0442. The highest BCUT2D eigenvalue weighted by Crippen LogP contribution is 2.33. The van der Waals surface area contributed by atoms with Crippen molar-refractivity contribution in [3.8, 4) is 9.88 Å². The van der Waals surface area contributed by atoms with E-state index in [0.29, 0.717) is 48.8 Å². The monoisotopic (exact) mass is 410 g/mol. The molecule has 138 valence electrons. The van der Waals surface area contributed by atoms with Gasteiger partial charge in [-0.15, -0.1) is 22.7 Å². The van der Waals surface area contributed by atoms with Crippen molar-refractivity contribution in [1.82, 2.24) is 20.1 Å². The molecule has 1 N–H and O–H groups in total. The molecule has 1 aliphatic carbocycles. The number of rotatable bonds is 5. The predicted octanol–water partition coefficient (Wildman–Crippen LogP) is 2.56. The summed E-state index contributed by atoms with van der Waals surface area (Å²) < 4.78 is 0.713. The van der Waals surface area contributed by atoms with Crippen LogP contribution in [0.3, 0.4) is 0 Å². The molecule has 0 bridgehead atoms. The average Bonchev–Trinajstić information content (AvgIpc) is 3.12. The van der Waals surface area contributed by atoms with E-state index in [9.17, 15) is 9.59 Å². The molecule has 4 rings (SSSR count). The lowest BCUT2D eigenvalue weighted by Crippen LogP contribution is -2.51. The maximum Gasteiger partial charge on any atom is 0.273 e. The van der Waals surface area contributed by atoms with Gasteiger partial charge in [0.2, 0.25) is 5.91 Å². The molecule has 2 fully saturated rings. The van der Waals surface area contributed by atoms with Crippen LogP contribution >= 0.6 is 34.3 Å². The lowest BCUT2D eigenvalue weighted by Gasteiger charge is -2.33. The third-order valence-corrected chi connectivity index (χ3v) is 6.72. The van der Waals surface area contributed by atoms with Crippen LogP contribution in [0.2, 0.25) is 4.34 Å². The summed E-state index contributed by atoms with van der Waals surface area (Å²) >= 11 is 8.89. The van der Waals surface area contributed by atoms with Gasteiger partial charge in [-0.05, 0) is 25.0 Å². The van der Waals surface area contributed by atoms with E-state index in [1.807, 2.05) is 17.0 Å². The second-order valence-corrected chi connectivity index (χ2v) is 9.12. The molecule has 0 aromatic carbocycles. The zero-order chi connectivity index (χ0) is 18.1. The maximum absolute atomic E-state index is 12.7. The Balaban J connectivity index is 1.30. The molecule has 0 atom stereocenters. The molecule has 2 aromatic rings. The normalized spacial score (nSPS) is 18.1. The Morgan fingerprint density at radius 2 is 2.00 bits per heavy atom. The summed E-state index contributed by atoms with van der Waals surface area (Å²) in [6.07, 6.45) is 2.20. The van der Waals surface area contributed by atoms with Crippen LogP contribution < -0.4 is 5.32 Å². The number of carbonyl (C=O) groups excluding carboxylic acids is 2. The lowest BCUT2D eigenvalue weighted by molar-refractivity contribution is -0.122. The third kappa shape index (κ3) is 4.25. The van der Waals surface area contributed by atoms with E-state index in [4.69, 9.17) is 11.6 Å². The van der Waals surface area contributed by atoms with Crippen molar-refractivity contribution >= 4 is 46.1 Å². The second-order valence-electron chi connectivity index (χ2n) is 6.55. The molecule has 0 radical (unpaired) electrons. The van der Waals surface area contributed by atoms with Crippen LogP contribution in [0, 0.1) is 0 Å². The third-order valence-electron chi connectivity index (χ3n) is 4.48. The maximum atomic E-state index is 12.7. The minimum atomic E-state index is -0.0442. The number of amides is 2. The van der Waals surface area contributed by atoms with E-state index in [-0.39, 0.29) is 11.8 Å². The second kappa shape index (κ2) is 7.64. The number of piperazine rings is 1. The summed E-state index contributed by atoms with van der Waals surface area (Å²) in [5, 5.41) is 5.63. The topological polar surface area (TPSA) is 65.5 Å². The Morgan fingerprint density at radius 3 is 2.65 bits per heavy atom. The number of halogens is 1. The summed E-state index contributed by atoms with van der Waals surface area (Å²) in [7, 11) is 0. The van der Waals surface area contributed by atoms with Crippen molar-refractivity contribution in [2.75, 3.05) is 32.7 Å². The van der Waals surface area contributed by atoms with Crippen LogP contribution in [0.4, 0.5) is 0 Å². The Kier molecular flexibility index (Phi) is 5.26. The van der Waals surface area contributed by atoms with Gasteiger partial charge in [-0.1, -0.05) is 11.6 Å². The quantitative estimate of drug-likeness (QED) is 0.822. The molecule has 1 saturated carbocycles.